The molecular formula is C17H18N2O. The van der Waals surface area contributed by atoms with Gasteiger partial charge in [-0.25, -0.2) is 0 Å². The maximum atomic E-state index is 5.66. The van der Waals surface area contributed by atoms with Gasteiger partial charge in [0.05, 0.1) is 6.61 Å². The molecule has 4 rings (SSSR count). The van der Waals surface area contributed by atoms with E-state index in [-0.39, 0.29) is 0 Å². The van der Waals surface area contributed by atoms with Gasteiger partial charge in [0.25, 0.3) is 0 Å². The maximum Gasteiger partial charge on any atom is 0.123 e. The zero-order valence-corrected chi connectivity index (χ0v) is 11.4. The highest BCUT2D eigenvalue weighted by Crippen LogP contribution is 2.35. The molecule has 1 aromatic heterocycles. The molecule has 0 radical (unpaired) electrons. The summed E-state index contributed by atoms with van der Waals surface area (Å²) in [5, 5.41) is 3.54. The highest BCUT2D eigenvalue weighted by atomic mass is 16.5. The van der Waals surface area contributed by atoms with Crippen LogP contribution in [-0.4, -0.2) is 18.1 Å². The number of benzene rings is 1. The summed E-state index contributed by atoms with van der Waals surface area (Å²) in [5.41, 5.74) is 5.10. The Morgan fingerprint density at radius 3 is 3.15 bits per heavy atom. The van der Waals surface area contributed by atoms with Gasteiger partial charge in [-0.05, 0) is 42.6 Å². The van der Waals surface area contributed by atoms with Crippen LogP contribution in [0, 0.1) is 0 Å². The molecule has 0 amide bonds. The van der Waals surface area contributed by atoms with Crippen molar-refractivity contribution in [3.63, 3.8) is 0 Å². The molecule has 2 aliphatic heterocycles. The molecular weight excluding hydrogens is 248 g/mol. The van der Waals surface area contributed by atoms with Crippen LogP contribution in [0.3, 0.4) is 0 Å². The highest BCUT2D eigenvalue weighted by Gasteiger charge is 2.19. The van der Waals surface area contributed by atoms with E-state index in [1.54, 1.807) is 0 Å². The minimum atomic E-state index is 0.468. The topological polar surface area (TPSA) is 34.2 Å². The van der Waals surface area contributed by atoms with E-state index in [0.29, 0.717) is 6.04 Å². The monoisotopic (exact) mass is 266 g/mol. The van der Waals surface area contributed by atoms with Crippen molar-refractivity contribution in [3.05, 3.63) is 47.8 Å². The molecule has 0 saturated carbocycles. The fourth-order valence-electron chi connectivity index (χ4n) is 3.26. The van der Waals surface area contributed by atoms with Crippen LogP contribution in [0.15, 0.2) is 36.7 Å². The molecule has 2 aliphatic rings. The summed E-state index contributed by atoms with van der Waals surface area (Å²) in [7, 11) is 0. The molecule has 3 heterocycles. The van der Waals surface area contributed by atoms with E-state index in [4.69, 9.17) is 4.74 Å². The van der Waals surface area contributed by atoms with E-state index >= 15 is 0 Å². The number of aromatic nitrogens is 1. The lowest BCUT2D eigenvalue weighted by molar-refractivity contribution is 0.357. The van der Waals surface area contributed by atoms with Crippen LogP contribution < -0.4 is 10.1 Å². The Morgan fingerprint density at radius 1 is 1.25 bits per heavy atom. The average Bonchev–Trinajstić information content (AvgIpc) is 3.18. The summed E-state index contributed by atoms with van der Waals surface area (Å²) >= 11 is 0. The second-order valence-corrected chi connectivity index (χ2v) is 5.54. The van der Waals surface area contributed by atoms with Crippen molar-refractivity contribution in [1.29, 1.82) is 0 Å². The second-order valence-electron chi connectivity index (χ2n) is 5.54. The van der Waals surface area contributed by atoms with Crippen LogP contribution in [0.5, 0.6) is 5.75 Å². The summed E-state index contributed by atoms with van der Waals surface area (Å²) < 4.78 is 5.66. The quantitative estimate of drug-likeness (QED) is 0.907. The normalized spacial score (nSPS) is 20.7. The van der Waals surface area contributed by atoms with Gasteiger partial charge in [0.15, 0.2) is 0 Å². The fourth-order valence-corrected chi connectivity index (χ4v) is 3.26. The largest absolute Gasteiger partial charge is 0.493 e. The van der Waals surface area contributed by atoms with Gasteiger partial charge < -0.3 is 10.1 Å². The van der Waals surface area contributed by atoms with Crippen LogP contribution in [0.25, 0.3) is 11.1 Å². The van der Waals surface area contributed by atoms with Gasteiger partial charge >= 0.3 is 0 Å². The first-order chi connectivity index (χ1) is 9.92. The zero-order chi connectivity index (χ0) is 13.4. The molecule has 1 saturated heterocycles. The fraction of sp³-hybridized carbons (Fsp3) is 0.353. The Bertz CT molecular complexity index is 633. The SMILES string of the molecule is c1cc2c(c(-c3cncc(C4CCCN4)c3)c1)CCO2. The van der Waals surface area contributed by atoms with Gasteiger partial charge in [0.1, 0.15) is 5.75 Å². The zero-order valence-electron chi connectivity index (χ0n) is 11.4. The first-order valence-corrected chi connectivity index (χ1v) is 7.35. The van der Waals surface area contributed by atoms with E-state index in [0.717, 1.165) is 25.3 Å². The van der Waals surface area contributed by atoms with Crippen LogP contribution in [0.1, 0.15) is 30.0 Å². The summed E-state index contributed by atoms with van der Waals surface area (Å²) in [5.74, 6) is 1.03. The van der Waals surface area contributed by atoms with Crippen LogP contribution >= 0.6 is 0 Å². The van der Waals surface area contributed by atoms with Gasteiger partial charge in [-0.1, -0.05) is 12.1 Å². The van der Waals surface area contributed by atoms with E-state index in [1.165, 1.54) is 35.1 Å². The number of pyridine rings is 1. The molecule has 3 heteroatoms. The lowest BCUT2D eigenvalue weighted by atomic mass is 9.97. The minimum absolute atomic E-state index is 0.468. The molecule has 1 unspecified atom stereocenters. The van der Waals surface area contributed by atoms with E-state index in [2.05, 4.69) is 34.6 Å². The van der Waals surface area contributed by atoms with Gasteiger partial charge in [0.2, 0.25) is 0 Å². The maximum absolute atomic E-state index is 5.66. The number of ether oxygens (including phenoxy) is 1. The number of nitrogens with one attached hydrogen (secondary N) is 1. The van der Waals surface area contributed by atoms with Crippen molar-refractivity contribution in [3.8, 4) is 16.9 Å². The molecule has 1 aromatic carbocycles. The lowest BCUT2D eigenvalue weighted by Gasteiger charge is -2.13. The molecule has 1 atom stereocenters. The minimum Gasteiger partial charge on any atom is -0.493 e. The van der Waals surface area contributed by atoms with Crippen molar-refractivity contribution in [2.45, 2.75) is 25.3 Å². The van der Waals surface area contributed by atoms with E-state index < -0.39 is 0 Å². The van der Waals surface area contributed by atoms with Crippen molar-refractivity contribution in [2.24, 2.45) is 0 Å². The highest BCUT2D eigenvalue weighted by molar-refractivity contribution is 5.70. The molecule has 0 aliphatic carbocycles. The van der Waals surface area contributed by atoms with Crippen molar-refractivity contribution in [1.82, 2.24) is 10.3 Å². The summed E-state index contributed by atoms with van der Waals surface area (Å²) in [6.45, 7) is 1.91. The third kappa shape index (κ3) is 1.98. The van der Waals surface area contributed by atoms with E-state index in [9.17, 15) is 0 Å². The molecule has 2 aromatic rings. The average molecular weight is 266 g/mol. The number of hydrogen-bond acceptors (Lipinski definition) is 3. The Labute approximate surface area is 119 Å². The van der Waals surface area contributed by atoms with Gasteiger partial charge in [-0.2, -0.15) is 0 Å². The van der Waals surface area contributed by atoms with Gasteiger partial charge in [-0.15, -0.1) is 0 Å². The van der Waals surface area contributed by atoms with Gasteiger partial charge in [0, 0.05) is 36.0 Å². The molecule has 102 valence electrons. The summed E-state index contributed by atoms with van der Waals surface area (Å²) in [6, 6.07) is 9.05. The van der Waals surface area contributed by atoms with Crippen molar-refractivity contribution in [2.75, 3.05) is 13.2 Å². The molecule has 1 fully saturated rings. The van der Waals surface area contributed by atoms with Crippen LogP contribution in [0.4, 0.5) is 0 Å². The Kier molecular flexibility index (Phi) is 2.92. The number of nitrogens with zero attached hydrogens (tertiary/aromatic N) is 1. The third-order valence-electron chi connectivity index (χ3n) is 4.28. The van der Waals surface area contributed by atoms with E-state index in [1.807, 2.05) is 12.4 Å². The molecule has 20 heavy (non-hydrogen) atoms. The van der Waals surface area contributed by atoms with Gasteiger partial charge in [-0.3, -0.25) is 4.98 Å². The number of hydrogen-bond donors (Lipinski definition) is 1. The predicted molar refractivity (Wildman–Crippen MR) is 78.8 cm³/mol. The summed E-state index contributed by atoms with van der Waals surface area (Å²) in [6.07, 6.45) is 7.42. The lowest BCUT2D eigenvalue weighted by Crippen LogP contribution is -2.13. The number of rotatable bonds is 2. The molecule has 0 spiro atoms. The Balaban J connectivity index is 1.75. The van der Waals surface area contributed by atoms with Crippen molar-refractivity contribution < 1.29 is 4.74 Å². The molecule has 3 nitrogen and oxygen atoms in total. The Hall–Kier alpha value is -1.87. The first kappa shape index (κ1) is 11.9. The number of fused-ring (bicyclic) bond motifs is 1. The molecule has 0 bridgehead atoms. The van der Waals surface area contributed by atoms with Crippen LogP contribution in [-0.2, 0) is 6.42 Å². The smallest absolute Gasteiger partial charge is 0.123 e. The third-order valence-corrected chi connectivity index (χ3v) is 4.28. The van der Waals surface area contributed by atoms with Crippen LogP contribution in [0.2, 0.25) is 0 Å². The standard InChI is InChI=1S/C17H18N2O/c1-3-14(15-6-8-20-17(15)5-1)12-9-13(11-18-10-12)16-4-2-7-19-16/h1,3,5,9-11,16,19H,2,4,6-8H2. The predicted octanol–water partition coefficient (Wildman–Crippen LogP) is 3.11. The second kappa shape index (κ2) is 4.91. The Morgan fingerprint density at radius 2 is 2.25 bits per heavy atom. The summed E-state index contributed by atoms with van der Waals surface area (Å²) in [4.78, 5) is 4.45. The first-order valence-electron chi connectivity index (χ1n) is 7.35. The van der Waals surface area contributed by atoms with Crippen molar-refractivity contribution >= 4 is 0 Å². The molecule has 1 N–H and O–H groups in total.